The minimum Gasteiger partial charge on any atom is -0.0625 e. The molecule has 3 aliphatic carbocycles. The molecule has 0 heterocycles. The van der Waals surface area contributed by atoms with Crippen LogP contribution in [0.3, 0.4) is 0 Å². The van der Waals surface area contributed by atoms with Gasteiger partial charge in [-0.1, -0.05) is 46.5 Å². The zero-order chi connectivity index (χ0) is 12.1. The highest BCUT2D eigenvalue weighted by Crippen LogP contribution is 2.66. The first-order chi connectivity index (χ1) is 8.04. The Balaban J connectivity index is 1.92. The summed E-state index contributed by atoms with van der Waals surface area (Å²) in [6.07, 6.45) is 13.7. The molecule has 3 saturated carbocycles. The van der Waals surface area contributed by atoms with Crippen LogP contribution in [0.15, 0.2) is 0 Å². The first kappa shape index (κ1) is 12.1. The maximum atomic E-state index is 2.64. The molecule has 3 aliphatic rings. The fourth-order valence-corrected chi connectivity index (χ4v) is 6.23. The van der Waals surface area contributed by atoms with Crippen LogP contribution < -0.4 is 0 Å². The molecule has 3 fully saturated rings. The Morgan fingerprint density at radius 3 is 2.29 bits per heavy atom. The van der Waals surface area contributed by atoms with E-state index < -0.39 is 0 Å². The van der Waals surface area contributed by atoms with Crippen molar-refractivity contribution in [2.45, 2.75) is 78.6 Å². The Morgan fingerprint density at radius 2 is 1.53 bits per heavy atom. The summed E-state index contributed by atoms with van der Waals surface area (Å²) in [6.45, 7) is 7.79. The molecule has 0 amide bonds. The van der Waals surface area contributed by atoms with Gasteiger partial charge in [-0.05, 0) is 60.7 Å². The summed E-state index contributed by atoms with van der Waals surface area (Å²) in [5.41, 5.74) is 1.40. The summed E-state index contributed by atoms with van der Waals surface area (Å²) in [6, 6.07) is 0. The molecule has 0 spiro atoms. The third kappa shape index (κ3) is 1.87. The van der Waals surface area contributed by atoms with Gasteiger partial charge in [0.2, 0.25) is 0 Å². The van der Waals surface area contributed by atoms with Gasteiger partial charge in [-0.15, -0.1) is 0 Å². The lowest BCUT2D eigenvalue weighted by atomic mass is 9.71. The molecule has 0 aromatic heterocycles. The molecule has 0 aromatic carbocycles. The molecule has 17 heavy (non-hydrogen) atoms. The molecule has 0 aromatic rings. The maximum absolute atomic E-state index is 2.64. The van der Waals surface area contributed by atoms with E-state index in [0.29, 0.717) is 10.8 Å². The van der Waals surface area contributed by atoms with Gasteiger partial charge in [0.05, 0.1) is 0 Å². The van der Waals surface area contributed by atoms with Gasteiger partial charge in [-0.3, -0.25) is 0 Å². The van der Waals surface area contributed by atoms with Gasteiger partial charge in [0, 0.05) is 0 Å². The van der Waals surface area contributed by atoms with Crippen molar-refractivity contribution in [3.8, 4) is 0 Å². The Hall–Kier alpha value is 0. The predicted octanol–water partition coefficient (Wildman–Crippen LogP) is 5.42. The minimum absolute atomic E-state index is 0.694. The van der Waals surface area contributed by atoms with Gasteiger partial charge in [0.1, 0.15) is 0 Å². The van der Waals surface area contributed by atoms with Crippen molar-refractivity contribution < 1.29 is 0 Å². The highest BCUT2D eigenvalue weighted by molar-refractivity contribution is 5.07. The average molecular weight is 234 g/mol. The second-order valence-corrected chi connectivity index (χ2v) is 8.18. The second kappa shape index (κ2) is 4.00. The van der Waals surface area contributed by atoms with Crippen LogP contribution >= 0.6 is 0 Å². The molecular formula is C17H30. The van der Waals surface area contributed by atoms with E-state index in [1.807, 2.05) is 0 Å². The van der Waals surface area contributed by atoms with Crippen molar-refractivity contribution in [1.82, 2.24) is 0 Å². The van der Waals surface area contributed by atoms with Gasteiger partial charge < -0.3 is 0 Å². The number of rotatable bonds is 0. The Labute approximate surface area is 108 Å². The van der Waals surface area contributed by atoms with Crippen LogP contribution in [-0.4, -0.2) is 0 Å². The summed E-state index contributed by atoms with van der Waals surface area (Å²) >= 11 is 0. The highest BCUT2D eigenvalue weighted by atomic mass is 14.6. The molecule has 0 nitrogen and oxygen atoms in total. The van der Waals surface area contributed by atoms with Crippen molar-refractivity contribution >= 4 is 0 Å². The lowest BCUT2D eigenvalue weighted by Gasteiger charge is -2.34. The first-order valence-corrected chi connectivity index (χ1v) is 8.04. The van der Waals surface area contributed by atoms with Crippen LogP contribution in [0.25, 0.3) is 0 Å². The average Bonchev–Trinajstić information content (AvgIpc) is 2.79. The molecule has 3 rings (SSSR count). The third-order valence-electron chi connectivity index (χ3n) is 6.62. The van der Waals surface area contributed by atoms with Crippen LogP contribution in [0, 0.1) is 28.6 Å². The van der Waals surface area contributed by atoms with Gasteiger partial charge >= 0.3 is 0 Å². The van der Waals surface area contributed by atoms with Gasteiger partial charge in [-0.2, -0.15) is 0 Å². The molecule has 5 unspecified atom stereocenters. The lowest BCUT2D eigenvalue weighted by molar-refractivity contribution is 0.161. The number of fused-ring (bicyclic) bond motifs is 5. The highest BCUT2D eigenvalue weighted by Gasteiger charge is 2.57. The van der Waals surface area contributed by atoms with Gasteiger partial charge in [-0.25, -0.2) is 0 Å². The van der Waals surface area contributed by atoms with E-state index in [-0.39, 0.29) is 0 Å². The Kier molecular flexibility index (Phi) is 2.84. The van der Waals surface area contributed by atoms with Crippen molar-refractivity contribution in [2.75, 3.05) is 0 Å². The Bertz CT molecular complexity index is 294. The van der Waals surface area contributed by atoms with Crippen LogP contribution in [0.4, 0.5) is 0 Å². The van der Waals surface area contributed by atoms with Crippen LogP contribution in [0.5, 0.6) is 0 Å². The van der Waals surface area contributed by atoms with Gasteiger partial charge in [0.25, 0.3) is 0 Å². The number of hydrogen-bond donors (Lipinski definition) is 0. The molecule has 0 N–H and O–H groups in total. The fraction of sp³-hybridized carbons (Fsp3) is 1.00. The van der Waals surface area contributed by atoms with E-state index in [0.717, 1.165) is 17.8 Å². The topological polar surface area (TPSA) is 0 Å². The van der Waals surface area contributed by atoms with Crippen molar-refractivity contribution in [1.29, 1.82) is 0 Å². The van der Waals surface area contributed by atoms with Gasteiger partial charge in [0.15, 0.2) is 0 Å². The lowest BCUT2D eigenvalue weighted by Crippen LogP contribution is -2.25. The van der Waals surface area contributed by atoms with E-state index in [9.17, 15) is 0 Å². The molecule has 0 radical (unpaired) electrons. The summed E-state index contributed by atoms with van der Waals surface area (Å²) < 4.78 is 0. The second-order valence-electron chi connectivity index (χ2n) is 8.18. The third-order valence-corrected chi connectivity index (χ3v) is 6.62. The fourth-order valence-electron chi connectivity index (χ4n) is 6.23. The zero-order valence-corrected chi connectivity index (χ0v) is 12.1. The van der Waals surface area contributed by atoms with Crippen molar-refractivity contribution in [2.24, 2.45) is 28.6 Å². The quantitative estimate of drug-likeness (QED) is 0.525. The summed E-state index contributed by atoms with van der Waals surface area (Å²) in [5, 5.41) is 0. The van der Waals surface area contributed by atoms with Crippen molar-refractivity contribution in [3.63, 3.8) is 0 Å². The van der Waals surface area contributed by atoms with E-state index in [2.05, 4.69) is 20.8 Å². The van der Waals surface area contributed by atoms with E-state index in [1.54, 1.807) is 19.3 Å². The Morgan fingerprint density at radius 1 is 0.824 bits per heavy atom. The van der Waals surface area contributed by atoms with E-state index in [1.165, 1.54) is 38.5 Å². The van der Waals surface area contributed by atoms with Crippen molar-refractivity contribution in [3.05, 3.63) is 0 Å². The first-order valence-electron chi connectivity index (χ1n) is 8.04. The smallest absolute Gasteiger partial charge is 0.0287 e. The molecule has 0 aliphatic heterocycles. The standard InChI is InChI=1S/C17H30/c1-13-7-4-5-10-16(2)12-17(3,11-13)15-9-6-8-14(15)16/h13-15H,4-12H2,1-3H3. The maximum Gasteiger partial charge on any atom is -0.0287 e. The zero-order valence-electron chi connectivity index (χ0n) is 12.1. The van der Waals surface area contributed by atoms with Crippen LogP contribution in [-0.2, 0) is 0 Å². The molecule has 0 heteroatoms. The van der Waals surface area contributed by atoms with E-state index in [4.69, 9.17) is 0 Å². The summed E-state index contributed by atoms with van der Waals surface area (Å²) in [5.74, 6) is 3.13. The van der Waals surface area contributed by atoms with E-state index >= 15 is 0 Å². The molecule has 5 atom stereocenters. The monoisotopic (exact) mass is 234 g/mol. The SMILES string of the molecule is CC1CCCCC2(C)CC(C)(C1)C1CCCC12. The molecule has 98 valence electrons. The number of hydrogen-bond acceptors (Lipinski definition) is 0. The minimum atomic E-state index is 0.694. The summed E-state index contributed by atoms with van der Waals surface area (Å²) in [7, 11) is 0. The predicted molar refractivity (Wildman–Crippen MR) is 73.9 cm³/mol. The van der Waals surface area contributed by atoms with Crippen LogP contribution in [0.2, 0.25) is 0 Å². The summed E-state index contributed by atoms with van der Waals surface area (Å²) in [4.78, 5) is 0. The molecule has 0 saturated heterocycles. The largest absolute Gasteiger partial charge is 0.0625 e. The normalized spacial score (nSPS) is 54.9. The molecular weight excluding hydrogens is 204 g/mol. The van der Waals surface area contributed by atoms with Crippen LogP contribution in [0.1, 0.15) is 78.6 Å². The molecule has 2 bridgehead atoms.